The van der Waals surface area contributed by atoms with Crippen LogP contribution in [-0.4, -0.2) is 0 Å². The fourth-order valence-corrected chi connectivity index (χ4v) is 3.80. The molecule has 0 atom stereocenters. The van der Waals surface area contributed by atoms with Gasteiger partial charge in [-0.1, -0.05) is 104 Å². The molecule has 2 nitrogen and oxygen atoms in total. The Bertz CT molecular complexity index is 768. The average Bonchev–Trinajstić information content (AvgIpc) is 2.68. The SMILES string of the molecule is CC(C)c1ccccc1OOc1c(CCCCCCC(C)(C)C)cccc1C(C)C. The lowest BCUT2D eigenvalue weighted by Crippen LogP contribution is -2.08. The Morgan fingerprint density at radius 2 is 1.33 bits per heavy atom. The Morgan fingerprint density at radius 3 is 2.00 bits per heavy atom. The first-order valence-corrected chi connectivity index (χ1v) is 11.7. The van der Waals surface area contributed by atoms with Gasteiger partial charge in [-0.3, -0.25) is 9.78 Å². The third-order valence-electron chi connectivity index (χ3n) is 5.63. The van der Waals surface area contributed by atoms with Crippen LogP contribution in [0.5, 0.6) is 11.5 Å². The minimum absolute atomic E-state index is 0.385. The lowest BCUT2D eigenvalue weighted by atomic mass is 9.89. The van der Waals surface area contributed by atoms with Crippen molar-refractivity contribution in [3.8, 4) is 11.5 Å². The first-order valence-electron chi connectivity index (χ1n) is 11.7. The number of hydrogen-bond acceptors (Lipinski definition) is 2. The second-order valence-corrected chi connectivity index (χ2v) is 10.3. The molecule has 166 valence electrons. The summed E-state index contributed by atoms with van der Waals surface area (Å²) in [4.78, 5) is 11.9. The monoisotopic (exact) mass is 410 g/mol. The van der Waals surface area contributed by atoms with Gasteiger partial charge in [-0.15, -0.1) is 0 Å². The smallest absolute Gasteiger partial charge is 0.185 e. The van der Waals surface area contributed by atoms with Crippen LogP contribution in [-0.2, 0) is 6.42 Å². The highest BCUT2D eigenvalue weighted by Crippen LogP contribution is 2.33. The van der Waals surface area contributed by atoms with Gasteiger partial charge in [0.2, 0.25) is 0 Å². The normalized spacial score (nSPS) is 11.9. The van der Waals surface area contributed by atoms with Crippen molar-refractivity contribution < 1.29 is 9.78 Å². The second kappa shape index (κ2) is 11.4. The first-order chi connectivity index (χ1) is 14.2. The molecule has 0 unspecified atom stereocenters. The van der Waals surface area contributed by atoms with Crippen molar-refractivity contribution in [2.75, 3.05) is 0 Å². The van der Waals surface area contributed by atoms with Crippen LogP contribution in [0.4, 0.5) is 0 Å². The zero-order valence-electron chi connectivity index (χ0n) is 20.3. The van der Waals surface area contributed by atoms with Crippen molar-refractivity contribution in [3.63, 3.8) is 0 Å². The van der Waals surface area contributed by atoms with Gasteiger partial charge in [0, 0.05) is 11.1 Å². The van der Waals surface area contributed by atoms with Crippen LogP contribution in [0, 0.1) is 5.41 Å². The van der Waals surface area contributed by atoms with E-state index in [2.05, 4.69) is 78.8 Å². The van der Waals surface area contributed by atoms with Gasteiger partial charge in [0.05, 0.1) is 0 Å². The number of aryl methyl sites for hydroxylation is 1. The van der Waals surface area contributed by atoms with E-state index in [0.717, 1.165) is 17.9 Å². The summed E-state index contributed by atoms with van der Waals surface area (Å²) in [7, 11) is 0. The third kappa shape index (κ3) is 7.70. The van der Waals surface area contributed by atoms with Crippen LogP contribution < -0.4 is 9.78 Å². The quantitative estimate of drug-likeness (QED) is 0.209. The van der Waals surface area contributed by atoms with Gasteiger partial charge in [0.15, 0.2) is 11.5 Å². The van der Waals surface area contributed by atoms with Crippen molar-refractivity contribution in [2.45, 2.75) is 98.8 Å². The zero-order chi connectivity index (χ0) is 22.1. The fourth-order valence-electron chi connectivity index (χ4n) is 3.80. The predicted octanol–water partition coefficient (Wildman–Crippen LogP) is 8.85. The van der Waals surface area contributed by atoms with Crippen molar-refractivity contribution >= 4 is 0 Å². The molecule has 0 saturated heterocycles. The van der Waals surface area contributed by atoms with E-state index in [4.69, 9.17) is 9.78 Å². The molecule has 2 rings (SSSR count). The summed E-state index contributed by atoms with van der Waals surface area (Å²) >= 11 is 0. The maximum absolute atomic E-state index is 6.03. The molecule has 0 radical (unpaired) electrons. The summed E-state index contributed by atoms with van der Waals surface area (Å²) < 4.78 is 0. The van der Waals surface area contributed by atoms with E-state index in [9.17, 15) is 0 Å². The molecule has 0 aromatic heterocycles. The summed E-state index contributed by atoms with van der Waals surface area (Å²) in [5.41, 5.74) is 4.07. The standard InChI is InChI=1S/C28H42O2/c1-21(2)24-17-11-12-19-26(24)29-30-27-23(16-14-18-25(27)22(3)4)15-10-8-9-13-20-28(5,6)7/h11-12,14,16-19,21-22H,8-10,13,15,20H2,1-7H3. The Morgan fingerprint density at radius 1 is 0.700 bits per heavy atom. The summed E-state index contributed by atoms with van der Waals surface area (Å²) in [5.74, 6) is 2.48. The van der Waals surface area contributed by atoms with Crippen LogP contribution in [0.2, 0.25) is 0 Å². The zero-order valence-corrected chi connectivity index (χ0v) is 20.3. The minimum Gasteiger partial charge on any atom is -0.290 e. The molecular formula is C28H42O2. The number of para-hydroxylation sites is 2. The first kappa shape index (κ1) is 24.3. The summed E-state index contributed by atoms with van der Waals surface area (Å²) in [6.45, 7) is 15.7. The lowest BCUT2D eigenvalue weighted by molar-refractivity contribution is -0.103. The highest BCUT2D eigenvalue weighted by atomic mass is 17.2. The van der Waals surface area contributed by atoms with Gasteiger partial charge in [-0.05, 0) is 48.1 Å². The van der Waals surface area contributed by atoms with Crippen molar-refractivity contribution in [1.29, 1.82) is 0 Å². The Balaban J connectivity index is 2.05. The Labute approximate surface area is 184 Å². The number of benzene rings is 2. The van der Waals surface area contributed by atoms with Gasteiger partial charge in [0.1, 0.15) is 0 Å². The van der Waals surface area contributed by atoms with Gasteiger partial charge in [-0.2, -0.15) is 0 Å². The number of unbranched alkanes of at least 4 members (excludes halogenated alkanes) is 3. The molecular weight excluding hydrogens is 368 g/mol. The van der Waals surface area contributed by atoms with E-state index >= 15 is 0 Å². The van der Waals surface area contributed by atoms with Crippen LogP contribution in [0.25, 0.3) is 0 Å². The summed E-state index contributed by atoms with van der Waals surface area (Å²) in [6, 6.07) is 14.6. The minimum atomic E-state index is 0.385. The molecule has 0 saturated carbocycles. The van der Waals surface area contributed by atoms with Gasteiger partial charge in [-0.25, -0.2) is 0 Å². The average molecular weight is 411 g/mol. The van der Waals surface area contributed by atoms with E-state index in [1.165, 1.54) is 48.8 Å². The van der Waals surface area contributed by atoms with Gasteiger partial charge >= 0.3 is 0 Å². The largest absolute Gasteiger partial charge is 0.290 e. The summed E-state index contributed by atoms with van der Waals surface area (Å²) in [5, 5.41) is 0. The molecule has 0 N–H and O–H groups in total. The van der Waals surface area contributed by atoms with E-state index < -0.39 is 0 Å². The maximum Gasteiger partial charge on any atom is 0.185 e. The number of hydrogen-bond donors (Lipinski definition) is 0. The molecule has 0 aliphatic carbocycles. The molecule has 0 amide bonds. The van der Waals surface area contributed by atoms with Crippen LogP contribution >= 0.6 is 0 Å². The molecule has 0 heterocycles. The maximum atomic E-state index is 6.03. The van der Waals surface area contributed by atoms with Crippen molar-refractivity contribution in [3.05, 3.63) is 59.2 Å². The van der Waals surface area contributed by atoms with E-state index in [-0.39, 0.29) is 0 Å². The Kier molecular flexibility index (Phi) is 9.27. The van der Waals surface area contributed by atoms with Crippen molar-refractivity contribution in [2.24, 2.45) is 5.41 Å². The van der Waals surface area contributed by atoms with Crippen LogP contribution in [0.15, 0.2) is 42.5 Å². The molecule has 0 spiro atoms. The van der Waals surface area contributed by atoms with E-state index in [1.807, 2.05) is 12.1 Å². The second-order valence-electron chi connectivity index (χ2n) is 10.3. The van der Waals surface area contributed by atoms with E-state index in [0.29, 0.717) is 17.3 Å². The van der Waals surface area contributed by atoms with Gasteiger partial charge in [0.25, 0.3) is 0 Å². The third-order valence-corrected chi connectivity index (χ3v) is 5.63. The lowest BCUT2D eigenvalue weighted by Gasteiger charge is -2.19. The van der Waals surface area contributed by atoms with Gasteiger partial charge < -0.3 is 0 Å². The van der Waals surface area contributed by atoms with Crippen LogP contribution in [0.1, 0.15) is 109 Å². The highest BCUT2D eigenvalue weighted by Gasteiger charge is 2.16. The fraction of sp³-hybridized carbons (Fsp3) is 0.571. The molecule has 30 heavy (non-hydrogen) atoms. The predicted molar refractivity (Wildman–Crippen MR) is 129 cm³/mol. The number of rotatable bonds is 11. The molecule has 0 aliphatic rings. The highest BCUT2D eigenvalue weighted by molar-refractivity contribution is 5.43. The Hall–Kier alpha value is -1.96. The summed E-state index contributed by atoms with van der Waals surface area (Å²) in [6.07, 6.45) is 7.39. The topological polar surface area (TPSA) is 18.5 Å². The molecule has 0 bridgehead atoms. The molecule has 2 aromatic carbocycles. The van der Waals surface area contributed by atoms with Crippen molar-refractivity contribution in [1.82, 2.24) is 0 Å². The molecule has 2 heteroatoms. The molecule has 2 aromatic rings. The molecule has 0 aliphatic heterocycles. The van der Waals surface area contributed by atoms with E-state index in [1.54, 1.807) is 0 Å². The molecule has 0 fully saturated rings. The van der Waals surface area contributed by atoms with Crippen LogP contribution in [0.3, 0.4) is 0 Å².